The van der Waals surface area contributed by atoms with Gasteiger partial charge >= 0.3 is 6.09 Å². The van der Waals surface area contributed by atoms with E-state index in [0.717, 1.165) is 11.1 Å². The van der Waals surface area contributed by atoms with E-state index in [2.05, 4.69) is 26.6 Å². The van der Waals surface area contributed by atoms with Gasteiger partial charge in [-0.1, -0.05) is 102 Å². The summed E-state index contributed by atoms with van der Waals surface area (Å²) in [7, 11) is 1.54. The molecule has 0 aromatic heterocycles. The second kappa shape index (κ2) is 21.7. The van der Waals surface area contributed by atoms with E-state index in [1.807, 2.05) is 88.4 Å². The molecule has 2 aromatic rings. The molecular weight excluding hydrogens is 688 g/mol. The van der Waals surface area contributed by atoms with E-state index in [1.165, 1.54) is 11.9 Å². The van der Waals surface area contributed by atoms with Gasteiger partial charge in [0.05, 0.1) is 0 Å². The fourth-order valence-corrected chi connectivity index (χ4v) is 6.34. The fraction of sp³-hybridized carbons (Fsp3) is 0.561. The highest BCUT2D eigenvalue weighted by atomic mass is 16.5. The maximum atomic E-state index is 14.3. The summed E-state index contributed by atoms with van der Waals surface area (Å²) in [5, 5.41) is 14.2. The average molecular weight is 749 g/mol. The first-order valence-electron chi connectivity index (χ1n) is 19.1. The molecule has 1 fully saturated rings. The van der Waals surface area contributed by atoms with Crippen LogP contribution < -0.4 is 26.6 Å². The summed E-state index contributed by atoms with van der Waals surface area (Å²) < 4.78 is 5.28. The van der Waals surface area contributed by atoms with E-state index in [4.69, 9.17) is 4.74 Å². The summed E-state index contributed by atoms with van der Waals surface area (Å²) in [5.74, 6) is -2.96. The highest BCUT2D eigenvalue weighted by Crippen LogP contribution is 2.17. The largest absolute Gasteiger partial charge is 0.445 e. The Morgan fingerprint density at radius 1 is 0.685 bits per heavy atom. The summed E-state index contributed by atoms with van der Waals surface area (Å²) in [6.45, 7) is 11.7. The van der Waals surface area contributed by atoms with Gasteiger partial charge in [0.2, 0.25) is 29.5 Å². The Morgan fingerprint density at radius 3 is 1.83 bits per heavy atom. The fourth-order valence-electron chi connectivity index (χ4n) is 6.34. The second-order valence-corrected chi connectivity index (χ2v) is 15.3. The van der Waals surface area contributed by atoms with Crippen molar-refractivity contribution in [2.24, 2.45) is 17.8 Å². The molecule has 0 aliphatic carbocycles. The molecule has 54 heavy (non-hydrogen) atoms. The molecule has 296 valence electrons. The van der Waals surface area contributed by atoms with Gasteiger partial charge in [0.25, 0.3) is 0 Å². The molecule has 5 atom stereocenters. The number of hydrogen-bond donors (Lipinski definition) is 5. The van der Waals surface area contributed by atoms with Crippen LogP contribution >= 0.6 is 0 Å². The van der Waals surface area contributed by atoms with Crippen molar-refractivity contribution in [1.29, 1.82) is 0 Å². The topological polar surface area (TPSA) is 175 Å². The molecule has 13 heteroatoms. The summed E-state index contributed by atoms with van der Waals surface area (Å²) >= 11 is 0. The van der Waals surface area contributed by atoms with Crippen molar-refractivity contribution in [2.45, 2.75) is 117 Å². The predicted octanol–water partition coefficient (Wildman–Crippen LogP) is 3.85. The SMILES string of the molecule is CC(C)C[C@@H]1NC(=O)[C@H](C(C)C)NC(=O)[C@H](CCCCNC(=O)OCc2ccccc2)NC(=O)[C@H](CC(C)C)N(C)C(=O)[C@H](Cc2ccccc2)NC1=O. The number of hydrogen-bond acceptors (Lipinski definition) is 7. The van der Waals surface area contributed by atoms with Gasteiger partial charge in [-0.15, -0.1) is 0 Å². The lowest BCUT2D eigenvalue weighted by Crippen LogP contribution is -2.59. The summed E-state index contributed by atoms with van der Waals surface area (Å²) in [6.07, 6.45) is 1.31. The van der Waals surface area contributed by atoms with Gasteiger partial charge in [0, 0.05) is 20.0 Å². The van der Waals surface area contributed by atoms with Gasteiger partial charge < -0.3 is 36.2 Å². The minimum Gasteiger partial charge on any atom is -0.445 e. The zero-order valence-corrected chi connectivity index (χ0v) is 32.9. The van der Waals surface area contributed by atoms with Crippen LogP contribution in [-0.2, 0) is 41.7 Å². The standard InChI is InChI=1S/C41H60N6O7/c1-26(2)22-32-37(49)45-33(24-29-16-10-8-11-17-29)40(52)47(7)34(23-27(3)4)38(50)43-31(36(48)46-35(28(5)6)39(51)44-32)20-14-15-21-42-41(53)54-25-30-18-12-9-13-19-30/h8-13,16-19,26-28,31-35H,14-15,20-25H2,1-7H3,(H,42,53)(H,43,50)(H,44,51)(H,45,49)(H,46,48)/t31-,32-,33-,34-,35-/m0/s1. The van der Waals surface area contributed by atoms with Crippen molar-refractivity contribution in [1.82, 2.24) is 31.5 Å². The van der Waals surface area contributed by atoms with Gasteiger partial charge in [-0.2, -0.15) is 0 Å². The molecule has 5 N–H and O–H groups in total. The molecule has 1 saturated heterocycles. The van der Waals surface area contributed by atoms with Gasteiger partial charge in [0.1, 0.15) is 36.8 Å². The normalized spacial score (nSPS) is 21.9. The van der Waals surface area contributed by atoms with Crippen molar-refractivity contribution in [2.75, 3.05) is 13.6 Å². The van der Waals surface area contributed by atoms with E-state index in [-0.39, 0.29) is 43.7 Å². The van der Waals surface area contributed by atoms with Crippen LogP contribution in [-0.4, -0.2) is 84.3 Å². The first kappa shape index (κ1) is 43.5. The average Bonchev–Trinajstić information content (AvgIpc) is 3.13. The summed E-state index contributed by atoms with van der Waals surface area (Å²) in [6, 6.07) is 13.6. The Bertz CT molecular complexity index is 1530. The molecule has 0 bridgehead atoms. The first-order chi connectivity index (χ1) is 25.7. The molecule has 0 spiro atoms. The third kappa shape index (κ3) is 14.1. The van der Waals surface area contributed by atoms with Crippen LogP contribution in [0.15, 0.2) is 60.7 Å². The number of rotatable bonds is 14. The molecule has 2 aromatic carbocycles. The third-order valence-electron chi connectivity index (χ3n) is 9.33. The van der Waals surface area contributed by atoms with Crippen molar-refractivity contribution in [3.63, 3.8) is 0 Å². The number of unbranched alkanes of at least 4 members (excludes halogenated alkanes) is 1. The van der Waals surface area contributed by atoms with E-state index >= 15 is 0 Å². The van der Waals surface area contributed by atoms with Gasteiger partial charge in [-0.3, -0.25) is 24.0 Å². The zero-order chi connectivity index (χ0) is 39.8. The Morgan fingerprint density at radius 2 is 1.24 bits per heavy atom. The molecule has 3 rings (SSSR count). The van der Waals surface area contributed by atoms with Crippen molar-refractivity contribution in [3.8, 4) is 0 Å². The number of nitrogens with one attached hydrogen (secondary N) is 5. The Balaban J connectivity index is 1.89. The highest BCUT2D eigenvalue weighted by Gasteiger charge is 2.38. The van der Waals surface area contributed by atoms with Crippen LogP contribution in [0.25, 0.3) is 0 Å². The number of amides is 6. The van der Waals surface area contributed by atoms with Gasteiger partial charge in [-0.25, -0.2) is 4.79 Å². The number of carbonyl (C=O) groups is 6. The van der Waals surface area contributed by atoms with E-state index < -0.39 is 65.8 Å². The molecule has 1 aliphatic rings. The third-order valence-corrected chi connectivity index (χ3v) is 9.33. The van der Waals surface area contributed by atoms with Crippen LogP contribution in [0.3, 0.4) is 0 Å². The Labute approximate surface area is 320 Å². The van der Waals surface area contributed by atoms with Crippen molar-refractivity contribution in [3.05, 3.63) is 71.8 Å². The van der Waals surface area contributed by atoms with Crippen LogP contribution in [0, 0.1) is 17.8 Å². The zero-order valence-electron chi connectivity index (χ0n) is 32.9. The van der Waals surface area contributed by atoms with Gasteiger partial charge in [-0.05, 0) is 61.0 Å². The molecule has 0 radical (unpaired) electrons. The maximum absolute atomic E-state index is 14.3. The number of alkyl carbamates (subject to hydrolysis) is 1. The predicted molar refractivity (Wildman–Crippen MR) is 207 cm³/mol. The van der Waals surface area contributed by atoms with Gasteiger partial charge in [0.15, 0.2) is 0 Å². The summed E-state index contributed by atoms with van der Waals surface area (Å²) in [5.41, 5.74) is 1.67. The van der Waals surface area contributed by atoms with Crippen molar-refractivity contribution >= 4 is 35.6 Å². The molecule has 0 saturated carbocycles. The number of nitrogens with zero attached hydrogens (tertiary/aromatic N) is 1. The van der Waals surface area contributed by atoms with E-state index in [0.29, 0.717) is 25.7 Å². The smallest absolute Gasteiger partial charge is 0.407 e. The van der Waals surface area contributed by atoms with E-state index in [9.17, 15) is 28.8 Å². The van der Waals surface area contributed by atoms with E-state index in [1.54, 1.807) is 13.8 Å². The Hall–Kier alpha value is -4.94. The molecule has 6 amide bonds. The first-order valence-corrected chi connectivity index (χ1v) is 19.1. The monoisotopic (exact) mass is 748 g/mol. The lowest BCUT2D eigenvalue weighted by Gasteiger charge is -2.33. The van der Waals surface area contributed by atoms with Crippen LogP contribution in [0.2, 0.25) is 0 Å². The number of likely N-dealkylation sites (N-methyl/N-ethyl adjacent to an activating group) is 1. The van der Waals surface area contributed by atoms with Crippen LogP contribution in [0.4, 0.5) is 4.79 Å². The quantitative estimate of drug-likeness (QED) is 0.183. The molecule has 13 nitrogen and oxygen atoms in total. The molecular formula is C41H60N6O7. The Kier molecular flexibility index (Phi) is 17.5. The number of benzene rings is 2. The van der Waals surface area contributed by atoms with Crippen LogP contribution in [0.1, 0.15) is 84.8 Å². The lowest BCUT2D eigenvalue weighted by atomic mass is 9.98. The van der Waals surface area contributed by atoms with Crippen LogP contribution in [0.5, 0.6) is 0 Å². The second-order valence-electron chi connectivity index (χ2n) is 15.3. The highest BCUT2D eigenvalue weighted by molar-refractivity contribution is 5.98. The minimum atomic E-state index is -1.05. The molecule has 1 heterocycles. The maximum Gasteiger partial charge on any atom is 0.407 e. The van der Waals surface area contributed by atoms with Crippen molar-refractivity contribution < 1.29 is 33.5 Å². The molecule has 0 unspecified atom stereocenters. The number of carbonyl (C=O) groups excluding carboxylic acids is 6. The lowest BCUT2D eigenvalue weighted by molar-refractivity contribution is -0.143. The minimum absolute atomic E-state index is 0.00260. The molecule has 1 aliphatic heterocycles. The summed E-state index contributed by atoms with van der Waals surface area (Å²) in [4.78, 5) is 83.7. The number of ether oxygens (including phenoxy) is 1.